The van der Waals surface area contributed by atoms with Crippen LogP contribution in [0, 0.1) is 0 Å². The van der Waals surface area contributed by atoms with E-state index in [0.29, 0.717) is 11.4 Å². The molecule has 1 saturated heterocycles. The number of ether oxygens (including phenoxy) is 2. The summed E-state index contributed by atoms with van der Waals surface area (Å²) in [5, 5.41) is 2.90. The van der Waals surface area contributed by atoms with Gasteiger partial charge in [-0.05, 0) is 73.1 Å². The Morgan fingerprint density at radius 3 is 2.15 bits per heavy atom. The van der Waals surface area contributed by atoms with E-state index in [0.717, 1.165) is 11.0 Å². The molecule has 8 heteroatoms. The molecule has 0 atom stereocenters. The van der Waals surface area contributed by atoms with Gasteiger partial charge in [-0.1, -0.05) is 60.7 Å². The average molecular weight is 526 g/mol. The van der Waals surface area contributed by atoms with Crippen molar-refractivity contribution in [1.29, 1.82) is 0 Å². The molecule has 1 fully saturated rings. The Labute approximate surface area is 230 Å². The molecule has 1 aliphatic carbocycles. The van der Waals surface area contributed by atoms with Crippen molar-refractivity contribution >= 4 is 25.0 Å². The van der Waals surface area contributed by atoms with Gasteiger partial charge in [-0.15, -0.1) is 0 Å². The second-order valence-electron chi connectivity index (χ2n) is 11.0. The maximum Gasteiger partial charge on any atom is 0.492 e. The number of nitrogens with one attached hydrogen (secondary N) is 1. The number of rotatable bonds is 7. The monoisotopic (exact) mass is 526 g/mol. The van der Waals surface area contributed by atoms with E-state index in [-0.39, 0.29) is 19.1 Å². The predicted molar refractivity (Wildman–Crippen MR) is 155 cm³/mol. The summed E-state index contributed by atoms with van der Waals surface area (Å²) < 4.78 is 23.7. The number of hydrogen-bond acceptors (Lipinski definition) is 6. The lowest BCUT2D eigenvalue weighted by Gasteiger charge is -2.32. The first-order valence-corrected chi connectivity index (χ1v) is 13.2. The normalized spacial score (nSPS) is 17.5. The van der Waals surface area contributed by atoms with E-state index in [1.807, 2.05) is 70.2 Å². The summed E-state index contributed by atoms with van der Waals surface area (Å²) in [6, 6.07) is 22.0. The maximum absolute atomic E-state index is 12.9. The van der Waals surface area contributed by atoms with Crippen molar-refractivity contribution < 1.29 is 23.6 Å². The summed E-state index contributed by atoms with van der Waals surface area (Å²) >= 11 is 0. The number of benzene rings is 3. The highest BCUT2D eigenvalue weighted by Crippen LogP contribution is 2.44. The molecule has 5 rings (SSSR count). The molecule has 202 valence electrons. The molecule has 7 nitrogen and oxygen atoms in total. The van der Waals surface area contributed by atoms with Gasteiger partial charge in [0.25, 0.3) is 0 Å². The molecular weight excluding hydrogens is 491 g/mol. The molecule has 1 aliphatic heterocycles. The zero-order valence-corrected chi connectivity index (χ0v) is 23.1. The van der Waals surface area contributed by atoms with Crippen molar-refractivity contribution in [3.8, 4) is 16.9 Å². The number of hydrogen-bond donors (Lipinski definition) is 2. The zero-order valence-electron chi connectivity index (χ0n) is 23.1. The zero-order chi connectivity index (χ0) is 27.8. The van der Waals surface area contributed by atoms with Gasteiger partial charge in [-0.3, -0.25) is 0 Å². The number of carbonyl (C=O) groups is 1. The SMILES string of the molecule is COc1cc(C=C(CNC(=O)OCC2c3ccccc3-c3ccccc32)B2OC(C)(C)C(C)(C)O2)ccc1N. The molecule has 3 aromatic rings. The highest BCUT2D eigenvalue weighted by Gasteiger charge is 2.52. The standard InChI is InChI=1S/C31H35BN2O5/c1-30(2)31(3,4)39-32(38-30)21(16-20-14-15-27(33)28(17-20)36-5)18-34-29(35)37-19-26-24-12-8-6-10-22(24)23-11-7-9-13-25(23)26/h6-17,26H,18-19,33H2,1-5H3,(H,34,35). The lowest BCUT2D eigenvalue weighted by Crippen LogP contribution is -2.41. The first-order chi connectivity index (χ1) is 18.6. The van der Waals surface area contributed by atoms with Crippen molar-refractivity contribution in [2.45, 2.75) is 44.8 Å². The molecule has 0 bridgehead atoms. The van der Waals surface area contributed by atoms with E-state index < -0.39 is 24.4 Å². The summed E-state index contributed by atoms with van der Waals surface area (Å²) in [6.45, 7) is 8.40. The molecule has 0 radical (unpaired) electrons. The minimum atomic E-state index is -0.646. The minimum absolute atomic E-state index is 0.0106. The van der Waals surface area contributed by atoms with E-state index in [4.69, 9.17) is 24.5 Å². The van der Waals surface area contributed by atoms with E-state index >= 15 is 0 Å². The van der Waals surface area contributed by atoms with Gasteiger partial charge in [0.1, 0.15) is 12.4 Å². The van der Waals surface area contributed by atoms with E-state index in [9.17, 15) is 4.79 Å². The van der Waals surface area contributed by atoms with Crippen LogP contribution in [0.15, 0.2) is 72.2 Å². The third kappa shape index (κ3) is 5.27. The van der Waals surface area contributed by atoms with E-state index in [1.165, 1.54) is 22.3 Å². The number of carbonyl (C=O) groups excluding carboxylic acids is 1. The topological polar surface area (TPSA) is 92.0 Å². The molecule has 3 aromatic carbocycles. The van der Waals surface area contributed by atoms with Gasteiger partial charge in [0, 0.05) is 12.5 Å². The minimum Gasteiger partial charge on any atom is -0.495 e. The van der Waals surface area contributed by atoms with Crippen LogP contribution in [0.3, 0.4) is 0 Å². The Balaban J connectivity index is 1.31. The van der Waals surface area contributed by atoms with Crippen LogP contribution in [-0.4, -0.2) is 44.7 Å². The number of alkyl carbamates (subject to hydrolysis) is 1. The van der Waals surface area contributed by atoms with Crippen LogP contribution in [0.2, 0.25) is 0 Å². The van der Waals surface area contributed by atoms with Gasteiger partial charge >= 0.3 is 13.2 Å². The number of nitrogens with two attached hydrogens (primary N) is 1. The van der Waals surface area contributed by atoms with Gasteiger partial charge in [0.2, 0.25) is 0 Å². The number of anilines is 1. The Morgan fingerprint density at radius 1 is 0.974 bits per heavy atom. The van der Waals surface area contributed by atoms with Crippen LogP contribution in [0.4, 0.5) is 10.5 Å². The van der Waals surface area contributed by atoms with Crippen LogP contribution in [0.5, 0.6) is 5.75 Å². The van der Waals surface area contributed by atoms with E-state index in [1.54, 1.807) is 13.2 Å². The van der Waals surface area contributed by atoms with Crippen molar-refractivity contribution in [2.75, 3.05) is 26.0 Å². The lowest BCUT2D eigenvalue weighted by atomic mass is 9.77. The van der Waals surface area contributed by atoms with Crippen LogP contribution < -0.4 is 15.8 Å². The van der Waals surface area contributed by atoms with Gasteiger partial charge in [0.05, 0.1) is 24.0 Å². The number of nitrogen functional groups attached to an aromatic ring is 1. The van der Waals surface area contributed by atoms with Gasteiger partial charge < -0.3 is 29.8 Å². The average Bonchev–Trinajstić information content (AvgIpc) is 3.35. The van der Waals surface area contributed by atoms with Gasteiger partial charge in [0.15, 0.2) is 0 Å². The number of methoxy groups -OCH3 is 1. The third-order valence-electron chi connectivity index (χ3n) is 7.95. The Bertz CT molecular complexity index is 1360. The summed E-state index contributed by atoms with van der Waals surface area (Å²) in [4.78, 5) is 12.9. The van der Waals surface area contributed by atoms with Gasteiger partial charge in [-0.2, -0.15) is 0 Å². The van der Waals surface area contributed by atoms with Crippen molar-refractivity contribution in [2.24, 2.45) is 0 Å². The Kier molecular flexibility index (Phi) is 7.18. The second kappa shape index (κ2) is 10.4. The molecular formula is C31H35BN2O5. The fourth-order valence-electron chi connectivity index (χ4n) is 5.05. The summed E-state index contributed by atoms with van der Waals surface area (Å²) in [5.74, 6) is 0.560. The first kappa shape index (κ1) is 26.8. The maximum atomic E-state index is 12.9. The van der Waals surface area contributed by atoms with Crippen LogP contribution >= 0.6 is 0 Å². The molecule has 2 aliphatic rings. The molecule has 0 unspecified atom stereocenters. The largest absolute Gasteiger partial charge is 0.495 e. The summed E-state index contributed by atoms with van der Waals surface area (Å²) in [6.07, 6.45) is 1.42. The second-order valence-corrected chi connectivity index (χ2v) is 11.0. The molecule has 3 N–H and O–H groups in total. The highest BCUT2D eigenvalue weighted by atomic mass is 16.7. The van der Waals surface area contributed by atoms with E-state index in [2.05, 4.69) is 29.6 Å². The summed E-state index contributed by atoms with van der Waals surface area (Å²) in [5.41, 5.74) is 11.8. The number of fused-ring (bicyclic) bond motifs is 3. The molecule has 0 saturated carbocycles. The smallest absolute Gasteiger partial charge is 0.492 e. The first-order valence-electron chi connectivity index (χ1n) is 13.2. The fourth-order valence-corrected chi connectivity index (χ4v) is 5.05. The van der Waals surface area contributed by atoms with Crippen LogP contribution in [0.1, 0.15) is 50.3 Å². The lowest BCUT2D eigenvalue weighted by molar-refractivity contribution is 0.00578. The van der Waals surface area contributed by atoms with Gasteiger partial charge in [-0.25, -0.2) is 4.79 Å². The summed E-state index contributed by atoms with van der Waals surface area (Å²) in [7, 11) is 0.931. The fraction of sp³-hybridized carbons (Fsp3) is 0.323. The molecule has 1 amide bonds. The van der Waals surface area contributed by atoms with Crippen molar-refractivity contribution in [3.63, 3.8) is 0 Å². The highest BCUT2D eigenvalue weighted by molar-refractivity contribution is 6.56. The van der Waals surface area contributed by atoms with Crippen LogP contribution in [-0.2, 0) is 14.0 Å². The Hall–Kier alpha value is -3.75. The third-order valence-corrected chi connectivity index (χ3v) is 7.95. The Morgan fingerprint density at radius 2 is 1.56 bits per heavy atom. The van der Waals surface area contributed by atoms with Crippen molar-refractivity contribution in [3.05, 3.63) is 88.9 Å². The van der Waals surface area contributed by atoms with Crippen molar-refractivity contribution in [1.82, 2.24) is 5.32 Å². The molecule has 1 heterocycles. The quantitative estimate of drug-likeness (QED) is 0.297. The molecule has 0 spiro atoms. The number of amides is 1. The predicted octanol–water partition coefficient (Wildman–Crippen LogP) is 5.83. The van der Waals surface area contributed by atoms with Crippen LogP contribution in [0.25, 0.3) is 17.2 Å². The molecule has 39 heavy (non-hydrogen) atoms. The molecule has 0 aromatic heterocycles.